The van der Waals surface area contributed by atoms with Crippen molar-refractivity contribution in [2.24, 2.45) is 0 Å². The lowest BCUT2D eigenvalue weighted by molar-refractivity contribution is 0.0447. The van der Waals surface area contributed by atoms with Gasteiger partial charge in [0.2, 0.25) is 0 Å². The number of esters is 1. The molecule has 0 aliphatic heterocycles. The highest BCUT2D eigenvalue weighted by atomic mass is 19.1. The van der Waals surface area contributed by atoms with Gasteiger partial charge in [0.1, 0.15) is 17.1 Å². The Morgan fingerprint density at radius 1 is 1.09 bits per heavy atom. The predicted octanol–water partition coefficient (Wildman–Crippen LogP) is 5.08. The second kappa shape index (κ2) is 9.72. The van der Waals surface area contributed by atoms with E-state index in [1.807, 2.05) is 0 Å². The molecule has 0 saturated heterocycles. The average molecular weight is 481 g/mol. The van der Waals surface area contributed by atoms with Crippen LogP contribution in [0, 0.1) is 18.6 Å². The van der Waals surface area contributed by atoms with Gasteiger partial charge in [-0.25, -0.2) is 28.1 Å². The molecular weight excluding hydrogens is 464 g/mol. The molecule has 0 amide bonds. The normalized spacial score (nSPS) is 10.7. The highest BCUT2D eigenvalue weighted by Crippen LogP contribution is 2.29. The van der Waals surface area contributed by atoms with Crippen molar-refractivity contribution in [3.8, 4) is 11.6 Å². The molecule has 0 saturated carbocycles. The van der Waals surface area contributed by atoms with Crippen molar-refractivity contribution < 1.29 is 37.0 Å². The van der Waals surface area contributed by atoms with E-state index >= 15 is 0 Å². The Morgan fingerprint density at radius 2 is 1.89 bits per heavy atom. The molecule has 2 heterocycles. The Kier molecular flexibility index (Phi) is 6.54. The smallest absolute Gasteiger partial charge is 0.437 e. The molecule has 0 unspecified atom stereocenters. The molecule has 0 fully saturated rings. The lowest BCUT2D eigenvalue weighted by Gasteiger charge is -2.11. The quantitative estimate of drug-likeness (QED) is 0.221. The first-order chi connectivity index (χ1) is 16.8. The van der Waals surface area contributed by atoms with Crippen molar-refractivity contribution in [2.75, 3.05) is 7.11 Å². The maximum absolute atomic E-state index is 15.0. The highest BCUT2D eigenvalue weighted by Gasteiger charge is 2.21. The molecule has 8 nitrogen and oxygen atoms in total. The number of nitrogens with zero attached hydrogens (tertiary/aromatic N) is 1. The summed E-state index contributed by atoms with van der Waals surface area (Å²) in [4.78, 5) is 39.8. The van der Waals surface area contributed by atoms with Crippen molar-refractivity contribution in [1.82, 2.24) is 4.98 Å². The molecule has 35 heavy (non-hydrogen) atoms. The largest absolute Gasteiger partial charge is 0.516 e. The number of carbonyl (C=O) groups is 2. The fourth-order valence-corrected chi connectivity index (χ4v) is 3.44. The molecule has 0 aliphatic carbocycles. The summed E-state index contributed by atoms with van der Waals surface area (Å²) >= 11 is 0. The predicted molar refractivity (Wildman–Crippen MR) is 119 cm³/mol. The number of methoxy groups -OCH3 is 1. The number of aryl methyl sites for hydroxylation is 1. The maximum atomic E-state index is 15.0. The summed E-state index contributed by atoms with van der Waals surface area (Å²) < 4.78 is 48.3. The zero-order chi connectivity index (χ0) is 25.1. The van der Waals surface area contributed by atoms with Gasteiger partial charge < -0.3 is 18.6 Å². The van der Waals surface area contributed by atoms with Gasteiger partial charge in [0.15, 0.2) is 5.82 Å². The van der Waals surface area contributed by atoms with E-state index in [4.69, 9.17) is 9.15 Å². The second-order valence-electron chi connectivity index (χ2n) is 7.34. The molecule has 0 radical (unpaired) electrons. The van der Waals surface area contributed by atoms with Crippen LogP contribution in [0.2, 0.25) is 0 Å². The minimum absolute atomic E-state index is 0.0182. The SMILES string of the molecule is COC(=O)OC(=O)c1cccc(Cc2c(C)c3ccc(Oc4ncccc4F)cc3oc2=O)c1F. The molecule has 0 N–H and O–H groups in total. The minimum Gasteiger partial charge on any atom is -0.437 e. The zero-order valence-corrected chi connectivity index (χ0v) is 18.5. The van der Waals surface area contributed by atoms with Gasteiger partial charge in [0.05, 0.1) is 12.7 Å². The van der Waals surface area contributed by atoms with E-state index in [0.29, 0.717) is 10.9 Å². The molecule has 178 valence electrons. The first kappa shape index (κ1) is 23.6. The van der Waals surface area contributed by atoms with Crippen molar-refractivity contribution in [2.45, 2.75) is 13.3 Å². The summed E-state index contributed by atoms with van der Waals surface area (Å²) in [5, 5.41) is 0.551. The molecule has 10 heteroatoms. The van der Waals surface area contributed by atoms with Gasteiger partial charge in [-0.3, -0.25) is 0 Å². The van der Waals surface area contributed by atoms with Crippen LogP contribution in [0.15, 0.2) is 63.9 Å². The Morgan fingerprint density at radius 3 is 2.63 bits per heavy atom. The Bertz CT molecular complexity index is 1510. The molecule has 0 spiro atoms. The third-order valence-electron chi connectivity index (χ3n) is 5.21. The van der Waals surface area contributed by atoms with E-state index in [0.717, 1.165) is 13.2 Å². The Labute approximate surface area is 196 Å². The number of benzene rings is 2. The van der Waals surface area contributed by atoms with E-state index in [-0.39, 0.29) is 34.8 Å². The second-order valence-corrected chi connectivity index (χ2v) is 7.34. The first-order valence-electron chi connectivity index (χ1n) is 10.2. The van der Waals surface area contributed by atoms with E-state index in [1.54, 1.807) is 19.1 Å². The number of pyridine rings is 1. The average Bonchev–Trinajstić information content (AvgIpc) is 2.83. The number of hydrogen-bond acceptors (Lipinski definition) is 8. The molecule has 4 aromatic rings. The monoisotopic (exact) mass is 481 g/mol. The van der Waals surface area contributed by atoms with Crippen LogP contribution in [-0.4, -0.2) is 24.2 Å². The van der Waals surface area contributed by atoms with Crippen LogP contribution in [-0.2, 0) is 15.9 Å². The van der Waals surface area contributed by atoms with Crippen LogP contribution in [0.25, 0.3) is 11.0 Å². The summed E-state index contributed by atoms with van der Waals surface area (Å²) in [5.41, 5.74) is -0.323. The zero-order valence-electron chi connectivity index (χ0n) is 18.5. The maximum Gasteiger partial charge on any atom is 0.516 e. The molecule has 0 bridgehead atoms. The third-order valence-corrected chi connectivity index (χ3v) is 5.21. The van der Waals surface area contributed by atoms with Crippen molar-refractivity contribution >= 4 is 23.1 Å². The molecular formula is C25H17F2NO7. The lowest BCUT2D eigenvalue weighted by atomic mass is 9.98. The van der Waals surface area contributed by atoms with Crippen molar-refractivity contribution in [1.29, 1.82) is 0 Å². The van der Waals surface area contributed by atoms with E-state index in [1.165, 1.54) is 36.5 Å². The fraction of sp³-hybridized carbons (Fsp3) is 0.120. The summed E-state index contributed by atoms with van der Waals surface area (Å²) in [6.07, 6.45) is -0.0914. The summed E-state index contributed by atoms with van der Waals surface area (Å²) in [6.45, 7) is 1.67. The fourth-order valence-electron chi connectivity index (χ4n) is 3.44. The van der Waals surface area contributed by atoms with Crippen LogP contribution >= 0.6 is 0 Å². The van der Waals surface area contributed by atoms with Gasteiger partial charge in [-0.15, -0.1) is 0 Å². The van der Waals surface area contributed by atoms with Crippen LogP contribution in [0.3, 0.4) is 0 Å². The van der Waals surface area contributed by atoms with Gasteiger partial charge in [0.25, 0.3) is 5.88 Å². The van der Waals surface area contributed by atoms with Crippen LogP contribution in [0.5, 0.6) is 11.6 Å². The Hall–Kier alpha value is -4.60. The molecule has 0 atom stereocenters. The topological polar surface area (TPSA) is 105 Å². The molecule has 0 aliphatic rings. The molecule has 4 rings (SSSR count). The van der Waals surface area contributed by atoms with Crippen LogP contribution in [0.4, 0.5) is 13.6 Å². The standard InChI is InChI=1S/C25H17F2NO7/c1-13-16-9-8-15(33-22-19(26)7-4-10-28-22)12-20(16)34-24(30)18(13)11-14-5-3-6-17(21(14)27)23(29)35-25(31)32-2/h3-10,12H,11H2,1-2H3. The first-order valence-corrected chi connectivity index (χ1v) is 10.2. The molecule has 2 aromatic carbocycles. The highest BCUT2D eigenvalue weighted by molar-refractivity contribution is 5.95. The number of halogens is 2. The summed E-state index contributed by atoms with van der Waals surface area (Å²) in [7, 11) is 1.01. The van der Waals surface area contributed by atoms with Gasteiger partial charge in [-0.2, -0.15) is 0 Å². The number of ether oxygens (including phenoxy) is 3. The van der Waals surface area contributed by atoms with E-state index in [2.05, 4.69) is 14.5 Å². The van der Waals surface area contributed by atoms with Crippen LogP contribution < -0.4 is 10.4 Å². The van der Waals surface area contributed by atoms with Gasteiger partial charge in [-0.1, -0.05) is 12.1 Å². The van der Waals surface area contributed by atoms with Gasteiger partial charge in [0, 0.05) is 29.6 Å². The lowest BCUT2D eigenvalue weighted by Crippen LogP contribution is -2.16. The number of rotatable bonds is 5. The number of carbonyl (C=O) groups excluding carboxylic acids is 2. The van der Waals surface area contributed by atoms with Crippen LogP contribution in [0.1, 0.15) is 27.0 Å². The number of hydrogen-bond donors (Lipinski definition) is 0. The van der Waals surface area contributed by atoms with Crippen molar-refractivity contribution in [3.63, 3.8) is 0 Å². The minimum atomic E-state index is -1.28. The van der Waals surface area contributed by atoms with E-state index < -0.39 is 34.9 Å². The summed E-state index contributed by atoms with van der Waals surface area (Å²) in [5.74, 6) is -2.85. The Balaban J connectivity index is 1.66. The van der Waals surface area contributed by atoms with Gasteiger partial charge >= 0.3 is 17.8 Å². The van der Waals surface area contributed by atoms with E-state index in [9.17, 15) is 23.2 Å². The third kappa shape index (κ3) is 4.86. The number of fused-ring (bicyclic) bond motifs is 1. The number of aromatic nitrogens is 1. The van der Waals surface area contributed by atoms with Crippen molar-refractivity contribution in [3.05, 3.63) is 99.0 Å². The van der Waals surface area contributed by atoms with Gasteiger partial charge in [-0.05, 0) is 48.4 Å². The molecule has 2 aromatic heterocycles. The summed E-state index contributed by atoms with van der Waals surface area (Å²) in [6, 6.07) is 11.1.